The van der Waals surface area contributed by atoms with Crippen LogP contribution in [0.5, 0.6) is 0 Å². The number of aromatic carboxylic acids is 1. The van der Waals surface area contributed by atoms with Gasteiger partial charge in [-0.3, -0.25) is 14.4 Å². The second kappa shape index (κ2) is 21.7. The summed E-state index contributed by atoms with van der Waals surface area (Å²) in [4.78, 5) is 59.9. The summed E-state index contributed by atoms with van der Waals surface area (Å²) in [5.74, 6) is -3.00. The lowest BCUT2D eigenvalue weighted by molar-refractivity contribution is -0.142. The molecule has 2 aromatic carbocycles. The molecule has 0 saturated carbocycles. The third-order valence-corrected chi connectivity index (χ3v) is 7.86. The molecule has 0 unspecified atom stereocenters. The minimum Gasteiger partial charge on any atom is -0.478 e. The van der Waals surface area contributed by atoms with Crippen molar-refractivity contribution in [2.45, 2.75) is 12.4 Å². The van der Waals surface area contributed by atoms with Crippen LogP contribution in [0.1, 0.15) is 52.8 Å². The molecule has 0 aliphatic heterocycles. The van der Waals surface area contributed by atoms with Gasteiger partial charge >= 0.3 is 18.3 Å². The van der Waals surface area contributed by atoms with Crippen LogP contribution in [0.15, 0.2) is 110 Å². The Bertz CT molecular complexity index is 2590. The number of carbonyl (C=O) groups excluding carboxylic acids is 3. The minimum absolute atomic E-state index is 0.0245. The van der Waals surface area contributed by atoms with Gasteiger partial charge in [0.15, 0.2) is 11.4 Å². The van der Waals surface area contributed by atoms with Crippen molar-refractivity contribution in [2.75, 3.05) is 26.2 Å². The number of halogens is 6. The quantitative estimate of drug-likeness (QED) is 0.0589. The van der Waals surface area contributed by atoms with Gasteiger partial charge in [0.1, 0.15) is 12.4 Å². The summed E-state index contributed by atoms with van der Waals surface area (Å²) in [6.45, 7) is 13.5. The van der Waals surface area contributed by atoms with E-state index in [0.717, 1.165) is 28.0 Å². The van der Waals surface area contributed by atoms with E-state index in [9.17, 15) is 45.5 Å². The average molecular weight is 875 g/mol. The zero-order chi connectivity index (χ0) is 46.2. The molecule has 0 fully saturated rings. The maximum Gasteiger partial charge on any atom is 0.435 e. The van der Waals surface area contributed by atoms with Crippen LogP contribution in [0.2, 0.25) is 0 Å². The fourth-order valence-electron chi connectivity index (χ4n) is 4.92. The van der Waals surface area contributed by atoms with Gasteiger partial charge in [-0.2, -0.15) is 36.5 Å². The second-order valence-corrected chi connectivity index (χ2v) is 12.2. The van der Waals surface area contributed by atoms with E-state index < -0.39 is 58.6 Å². The van der Waals surface area contributed by atoms with E-state index in [-0.39, 0.29) is 48.9 Å². The van der Waals surface area contributed by atoms with Crippen LogP contribution >= 0.6 is 0 Å². The molecule has 6 rings (SSSR count). The highest BCUT2D eigenvalue weighted by molar-refractivity contribution is 5.96. The number of carbonyl (C=O) groups is 4. The number of nitrogens with one attached hydrogen (secondary N) is 3. The number of nitrogens with two attached hydrogens (primary N) is 1. The largest absolute Gasteiger partial charge is 0.478 e. The molecular weight excluding hydrogens is 843 g/mol. The molecule has 4 aromatic heterocycles. The van der Waals surface area contributed by atoms with E-state index in [4.69, 9.17) is 24.0 Å². The standard InChI is InChI=1S/C20H15F3N6O2.C13H13F3N4O.C7H4N2O2/c1-24-16-8-7-13(11-27-16)18(30)25-9-10-26-19(31)15-12-29(14-5-3-2-4-6-14)28-17(15)20(21,22)23;14-13(15,16)11-10(12(21)18-7-6-17)8-20(19-11)9-4-2-1-3-5-9;1-8-6-3-2-5(4-9-6)7(10)11/h2-8,11-12H,9-10H2,(H,25,30)(H,26,31);1-5,8H,6-7,17H2,(H,18,21);2-4H,(H,10,11). The van der Waals surface area contributed by atoms with Gasteiger partial charge in [0, 0.05) is 38.6 Å². The Morgan fingerprint density at radius 2 is 1.00 bits per heavy atom. The highest BCUT2D eigenvalue weighted by Crippen LogP contribution is 2.32. The summed E-state index contributed by atoms with van der Waals surface area (Å²) in [5.41, 5.74) is 2.65. The summed E-state index contributed by atoms with van der Waals surface area (Å²) in [7, 11) is 0. The number of carboxylic acid groups (broad SMARTS) is 1. The fraction of sp³-hybridized carbons (Fsp3) is 0.150. The predicted octanol–water partition coefficient (Wildman–Crippen LogP) is 5.91. The van der Waals surface area contributed by atoms with Gasteiger partial charge in [-0.25, -0.2) is 14.2 Å². The zero-order valence-corrected chi connectivity index (χ0v) is 32.2. The van der Waals surface area contributed by atoms with Crippen molar-refractivity contribution < 1.29 is 50.6 Å². The van der Waals surface area contributed by atoms with Crippen molar-refractivity contribution in [1.29, 1.82) is 0 Å². The number of amides is 3. The number of benzene rings is 2. The Hall–Kier alpha value is -8.44. The van der Waals surface area contributed by atoms with Crippen molar-refractivity contribution in [3.05, 3.63) is 166 Å². The van der Waals surface area contributed by atoms with Crippen LogP contribution in [-0.4, -0.2) is 84.5 Å². The molecule has 63 heavy (non-hydrogen) atoms. The Morgan fingerprint density at radius 3 is 1.35 bits per heavy atom. The van der Waals surface area contributed by atoms with E-state index in [2.05, 4.69) is 45.8 Å². The van der Waals surface area contributed by atoms with Crippen molar-refractivity contribution in [1.82, 2.24) is 45.5 Å². The number of pyridine rings is 2. The molecule has 0 spiro atoms. The molecule has 17 nitrogen and oxygen atoms in total. The molecule has 3 amide bonds. The topological polar surface area (TPSA) is 221 Å². The Labute approximate surface area is 352 Å². The first-order valence-corrected chi connectivity index (χ1v) is 17.9. The van der Waals surface area contributed by atoms with Crippen LogP contribution in [0.25, 0.3) is 21.1 Å². The number of aromatic nitrogens is 6. The molecule has 0 saturated heterocycles. The number of carboxylic acids is 1. The molecule has 4 heterocycles. The lowest BCUT2D eigenvalue weighted by atomic mass is 10.2. The molecule has 0 aliphatic carbocycles. The molecule has 0 radical (unpaired) electrons. The summed E-state index contributed by atoms with van der Waals surface area (Å²) in [5, 5.41) is 22.6. The molecule has 0 atom stereocenters. The van der Waals surface area contributed by atoms with E-state index in [1.165, 1.54) is 30.5 Å². The van der Waals surface area contributed by atoms with Gasteiger partial charge in [0.2, 0.25) is 0 Å². The summed E-state index contributed by atoms with van der Waals surface area (Å²) >= 11 is 0. The normalized spacial score (nSPS) is 10.7. The van der Waals surface area contributed by atoms with Gasteiger partial charge < -0.3 is 36.5 Å². The van der Waals surface area contributed by atoms with Gasteiger partial charge in [-0.1, -0.05) is 61.7 Å². The highest BCUT2D eigenvalue weighted by atomic mass is 19.4. The monoisotopic (exact) mass is 874 g/mol. The Kier molecular flexibility index (Phi) is 16.3. The third-order valence-electron chi connectivity index (χ3n) is 7.86. The van der Waals surface area contributed by atoms with E-state index in [1.54, 1.807) is 60.7 Å². The average Bonchev–Trinajstić information content (AvgIpc) is 3.96. The summed E-state index contributed by atoms with van der Waals surface area (Å²) < 4.78 is 81.0. The first-order valence-electron chi connectivity index (χ1n) is 17.9. The lowest BCUT2D eigenvalue weighted by Gasteiger charge is -2.08. The molecule has 324 valence electrons. The zero-order valence-electron chi connectivity index (χ0n) is 32.2. The van der Waals surface area contributed by atoms with Gasteiger partial charge in [0.05, 0.1) is 33.6 Å². The number of nitrogens with zero attached hydrogens (tertiary/aromatic N) is 8. The van der Waals surface area contributed by atoms with Gasteiger partial charge in [-0.05, 0) is 36.4 Å². The molecular formula is C40H32F6N12O5. The van der Waals surface area contributed by atoms with Crippen LogP contribution in [0, 0.1) is 13.1 Å². The maximum absolute atomic E-state index is 13.3. The van der Waals surface area contributed by atoms with E-state index >= 15 is 0 Å². The first-order chi connectivity index (χ1) is 30.0. The van der Waals surface area contributed by atoms with Crippen molar-refractivity contribution in [2.24, 2.45) is 5.73 Å². The molecule has 0 aliphatic rings. The SMILES string of the molecule is NCCNC(=O)c1cn(-c2ccccc2)nc1C(F)(F)F.[C-]#[N+]c1ccc(C(=O)NCCNC(=O)c2cn(-c3ccccc3)nc2C(F)(F)F)cn1.[C-]#[N+]c1ccc(C(=O)O)cn1. The maximum atomic E-state index is 13.3. The van der Waals surface area contributed by atoms with E-state index in [1.807, 2.05) is 0 Å². The van der Waals surface area contributed by atoms with Crippen LogP contribution in [0.3, 0.4) is 0 Å². The van der Waals surface area contributed by atoms with Crippen LogP contribution in [-0.2, 0) is 12.4 Å². The predicted molar refractivity (Wildman–Crippen MR) is 211 cm³/mol. The molecule has 6 N–H and O–H groups in total. The van der Waals surface area contributed by atoms with E-state index in [0.29, 0.717) is 11.4 Å². The number of para-hydroxylation sites is 2. The number of rotatable bonds is 11. The fourth-order valence-corrected chi connectivity index (χ4v) is 4.92. The molecule has 6 aromatic rings. The second-order valence-electron chi connectivity index (χ2n) is 12.2. The summed E-state index contributed by atoms with van der Waals surface area (Å²) in [6.07, 6.45) is -5.06. The lowest BCUT2D eigenvalue weighted by Crippen LogP contribution is -2.35. The number of alkyl halides is 6. The van der Waals surface area contributed by atoms with Gasteiger partial charge in [-0.15, -0.1) is 9.97 Å². The Balaban J connectivity index is 0.000000233. The van der Waals surface area contributed by atoms with Gasteiger partial charge in [0.25, 0.3) is 29.4 Å². The minimum atomic E-state index is -4.81. The smallest absolute Gasteiger partial charge is 0.435 e. The van der Waals surface area contributed by atoms with Crippen molar-refractivity contribution in [3.8, 4) is 11.4 Å². The Morgan fingerprint density at radius 1 is 0.603 bits per heavy atom. The summed E-state index contributed by atoms with van der Waals surface area (Å²) in [6, 6.07) is 21.9. The highest BCUT2D eigenvalue weighted by Gasteiger charge is 2.40. The van der Waals surface area contributed by atoms with Crippen molar-refractivity contribution in [3.63, 3.8) is 0 Å². The van der Waals surface area contributed by atoms with Crippen molar-refractivity contribution >= 4 is 35.3 Å². The molecule has 0 bridgehead atoms. The molecule has 23 heteroatoms. The number of hydrogen-bond donors (Lipinski definition) is 5. The van der Waals surface area contributed by atoms with Crippen LogP contribution in [0.4, 0.5) is 38.0 Å². The van der Waals surface area contributed by atoms with Crippen LogP contribution < -0.4 is 21.7 Å². The first kappa shape index (κ1) is 47.2. The third kappa shape index (κ3) is 13.5. The number of hydrogen-bond acceptors (Lipinski definition) is 9.